The van der Waals surface area contributed by atoms with Crippen LogP contribution in [0.4, 0.5) is 0 Å². The molecule has 1 aliphatic rings. The average molecular weight is 405 g/mol. The molecule has 0 bridgehead atoms. The third kappa shape index (κ3) is 5.05. The Morgan fingerprint density at radius 1 is 1.20 bits per heavy atom. The maximum Gasteiger partial charge on any atom is 0.120 e. The molecule has 0 radical (unpaired) electrons. The highest BCUT2D eigenvalue weighted by Crippen LogP contribution is 2.24. The number of phenols is 1. The normalized spacial score (nSPS) is 16.7. The van der Waals surface area contributed by atoms with Crippen LogP contribution in [0.15, 0.2) is 46.9 Å². The van der Waals surface area contributed by atoms with Crippen LogP contribution in [0.2, 0.25) is 0 Å². The van der Waals surface area contributed by atoms with E-state index in [-0.39, 0.29) is 0 Å². The molecule has 2 aromatic carbocycles. The van der Waals surface area contributed by atoms with Crippen LogP contribution in [0.1, 0.15) is 22.7 Å². The van der Waals surface area contributed by atoms with Crippen molar-refractivity contribution in [2.45, 2.75) is 19.5 Å². The first-order valence-corrected chi connectivity index (χ1v) is 9.49. The van der Waals surface area contributed by atoms with Gasteiger partial charge in [-0.2, -0.15) is 0 Å². The number of nitrogens with one attached hydrogen (secondary N) is 1. The topological polar surface area (TPSA) is 44.7 Å². The molecule has 0 spiro atoms. The number of morpholine rings is 1. The summed E-state index contributed by atoms with van der Waals surface area (Å²) in [6.45, 7) is 7.06. The molecule has 1 saturated heterocycles. The number of benzene rings is 2. The van der Waals surface area contributed by atoms with E-state index in [0.717, 1.165) is 42.9 Å². The number of ether oxygens (including phenoxy) is 1. The fraction of sp³-hybridized carbons (Fsp3) is 0.400. The number of hydrogen-bond acceptors (Lipinski definition) is 4. The van der Waals surface area contributed by atoms with Gasteiger partial charge in [0.2, 0.25) is 0 Å². The smallest absolute Gasteiger partial charge is 0.120 e. The molecule has 0 amide bonds. The van der Waals surface area contributed by atoms with Gasteiger partial charge in [0.25, 0.3) is 0 Å². The Labute approximate surface area is 157 Å². The van der Waals surface area contributed by atoms with Crippen LogP contribution in [0.25, 0.3) is 0 Å². The summed E-state index contributed by atoms with van der Waals surface area (Å²) in [6.07, 6.45) is 0. The zero-order chi connectivity index (χ0) is 17.6. The second kappa shape index (κ2) is 8.81. The molecule has 1 unspecified atom stereocenters. The van der Waals surface area contributed by atoms with E-state index in [2.05, 4.69) is 57.3 Å². The summed E-state index contributed by atoms with van der Waals surface area (Å²) in [4.78, 5) is 2.48. The van der Waals surface area contributed by atoms with Gasteiger partial charge in [-0.15, -0.1) is 0 Å². The number of hydrogen-bond donors (Lipinski definition) is 2. The van der Waals surface area contributed by atoms with Crippen LogP contribution in [-0.2, 0) is 11.3 Å². The molecule has 5 heteroatoms. The third-order valence-corrected chi connectivity index (χ3v) is 5.10. The maximum absolute atomic E-state index is 10.0. The molecular weight excluding hydrogens is 380 g/mol. The van der Waals surface area contributed by atoms with Crippen molar-refractivity contribution >= 4 is 15.9 Å². The molecule has 1 aliphatic heterocycles. The third-order valence-electron chi connectivity index (χ3n) is 4.61. The molecule has 1 atom stereocenters. The van der Waals surface area contributed by atoms with Gasteiger partial charge in [0, 0.05) is 42.3 Å². The number of nitrogens with zero attached hydrogens (tertiary/aromatic N) is 1. The molecule has 0 aromatic heterocycles. The second-order valence-corrected chi connectivity index (χ2v) is 7.40. The highest BCUT2D eigenvalue weighted by atomic mass is 79.9. The quantitative estimate of drug-likeness (QED) is 0.771. The molecule has 2 aromatic rings. The van der Waals surface area contributed by atoms with Gasteiger partial charge < -0.3 is 15.2 Å². The summed E-state index contributed by atoms with van der Waals surface area (Å²) in [5.74, 6) is 0.328. The van der Waals surface area contributed by atoms with Crippen molar-refractivity contribution in [2.24, 2.45) is 0 Å². The zero-order valence-electron chi connectivity index (χ0n) is 14.5. The number of phenolic OH excluding ortho intramolecular Hbond substituents is 1. The monoisotopic (exact) mass is 404 g/mol. The van der Waals surface area contributed by atoms with Crippen LogP contribution in [0.3, 0.4) is 0 Å². The van der Waals surface area contributed by atoms with Crippen LogP contribution in [-0.4, -0.2) is 42.9 Å². The van der Waals surface area contributed by atoms with E-state index >= 15 is 0 Å². The predicted octanol–water partition coefficient (Wildman–Crippen LogP) is 3.63. The van der Waals surface area contributed by atoms with Crippen molar-refractivity contribution in [2.75, 3.05) is 32.8 Å². The molecule has 25 heavy (non-hydrogen) atoms. The Morgan fingerprint density at radius 2 is 2.00 bits per heavy atom. The van der Waals surface area contributed by atoms with Gasteiger partial charge >= 0.3 is 0 Å². The van der Waals surface area contributed by atoms with Gasteiger partial charge in [-0.05, 0) is 30.7 Å². The first-order valence-electron chi connectivity index (χ1n) is 8.70. The second-order valence-electron chi connectivity index (χ2n) is 6.48. The molecule has 4 nitrogen and oxygen atoms in total. The minimum atomic E-state index is 0.304. The molecule has 0 aliphatic carbocycles. The van der Waals surface area contributed by atoms with Gasteiger partial charge in [-0.1, -0.05) is 45.8 Å². The summed E-state index contributed by atoms with van der Waals surface area (Å²) in [5, 5.41) is 13.5. The van der Waals surface area contributed by atoms with Crippen LogP contribution in [0.5, 0.6) is 5.75 Å². The van der Waals surface area contributed by atoms with Crippen molar-refractivity contribution in [1.82, 2.24) is 10.2 Å². The molecule has 1 fully saturated rings. The molecular formula is C20H25BrN2O2. The maximum atomic E-state index is 10.0. The summed E-state index contributed by atoms with van der Waals surface area (Å²) in [7, 11) is 0. The summed E-state index contributed by atoms with van der Waals surface area (Å²) >= 11 is 3.46. The van der Waals surface area contributed by atoms with E-state index in [9.17, 15) is 5.11 Å². The van der Waals surface area contributed by atoms with Gasteiger partial charge in [0.05, 0.1) is 13.2 Å². The van der Waals surface area contributed by atoms with Crippen LogP contribution >= 0.6 is 15.9 Å². The molecule has 1 heterocycles. The van der Waals surface area contributed by atoms with Crippen molar-refractivity contribution in [3.63, 3.8) is 0 Å². The number of rotatable bonds is 6. The Balaban J connectivity index is 1.70. The largest absolute Gasteiger partial charge is 0.508 e. The Bertz CT molecular complexity index is 702. The molecule has 134 valence electrons. The Kier molecular flexibility index (Phi) is 6.48. The van der Waals surface area contributed by atoms with Crippen molar-refractivity contribution in [3.05, 3.63) is 63.6 Å². The fourth-order valence-electron chi connectivity index (χ4n) is 3.26. The lowest BCUT2D eigenvalue weighted by Crippen LogP contribution is -2.42. The lowest BCUT2D eigenvalue weighted by Gasteiger charge is -2.35. The Hall–Kier alpha value is -1.40. The SMILES string of the molecule is Cc1cccc(C(CNCc2cc(Br)ccc2O)N2CCOCC2)c1. The number of halogens is 1. The van der Waals surface area contributed by atoms with E-state index in [0.29, 0.717) is 18.3 Å². The number of aromatic hydroxyl groups is 1. The van der Waals surface area contributed by atoms with Gasteiger partial charge in [0.1, 0.15) is 5.75 Å². The zero-order valence-corrected chi connectivity index (χ0v) is 16.1. The fourth-order valence-corrected chi connectivity index (χ4v) is 3.67. The lowest BCUT2D eigenvalue weighted by atomic mass is 10.0. The minimum Gasteiger partial charge on any atom is -0.508 e. The van der Waals surface area contributed by atoms with E-state index in [1.807, 2.05) is 12.1 Å². The van der Waals surface area contributed by atoms with Gasteiger partial charge in [-0.25, -0.2) is 0 Å². The van der Waals surface area contributed by atoms with Gasteiger partial charge in [0.15, 0.2) is 0 Å². The molecule has 0 saturated carbocycles. The van der Waals surface area contributed by atoms with E-state index in [1.54, 1.807) is 6.07 Å². The van der Waals surface area contributed by atoms with Crippen molar-refractivity contribution in [1.29, 1.82) is 0 Å². The lowest BCUT2D eigenvalue weighted by molar-refractivity contribution is 0.0161. The van der Waals surface area contributed by atoms with E-state index < -0.39 is 0 Å². The summed E-state index contributed by atoms with van der Waals surface area (Å²) in [5.41, 5.74) is 3.51. The average Bonchev–Trinajstić information content (AvgIpc) is 2.62. The molecule has 3 rings (SSSR count). The molecule has 2 N–H and O–H groups in total. The predicted molar refractivity (Wildman–Crippen MR) is 104 cm³/mol. The van der Waals surface area contributed by atoms with Crippen LogP contribution in [0, 0.1) is 6.92 Å². The first-order chi connectivity index (χ1) is 12.1. The van der Waals surface area contributed by atoms with E-state index in [1.165, 1.54) is 11.1 Å². The Morgan fingerprint density at radius 3 is 2.76 bits per heavy atom. The van der Waals surface area contributed by atoms with Gasteiger partial charge in [-0.3, -0.25) is 4.90 Å². The van der Waals surface area contributed by atoms with Crippen molar-refractivity contribution in [3.8, 4) is 5.75 Å². The first kappa shape index (κ1) is 18.4. The highest BCUT2D eigenvalue weighted by molar-refractivity contribution is 9.10. The summed E-state index contributed by atoms with van der Waals surface area (Å²) in [6, 6.07) is 14.6. The van der Waals surface area contributed by atoms with Crippen LogP contribution < -0.4 is 5.32 Å². The highest BCUT2D eigenvalue weighted by Gasteiger charge is 2.22. The minimum absolute atomic E-state index is 0.304. The summed E-state index contributed by atoms with van der Waals surface area (Å²) < 4.78 is 6.49. The van der Waals surface area contributed by atoms with Crippen molar-refractivity contribution < 1.29 is 9.84 Å². The standard InChI is InChI=1S/C20H25BrN2O2/c1-15-3-2-4-16(11-15)19(23-7-9-25-10-8-23)14-22-13-17-12-18(21)5-6-20(17)24/h2-6,11-12,19,22,24H,7-10,13-14H2,1H3. The van der Waals surface area contributed by atoms with E-state index in [4.69, 9.17) is 4.74 Å². The number of aryl methyl sites for hydroxylation is 1.